The molecule has 0 bridgehead atoms. The first-order valence-electron chi connectivity index (χ1n) is 5.44. The number of carboxylic acids is 1. The summed E-state index contributed by atoms with van der Waals surface area (Å²) in [5.74, 6) is -1.65. The van der Waals surface area contributed by atoms with Gasteiger partial charge in [0.25, 0.3) is 0 Å². The van der Waals surface area contributed by atoms with E-state index in [1.165, 1.54) is 24.3 Å². The smallest absolute Gasteiger partial charge is 1.00 e. The van der Waals surface area contributed by atoms with Gasteiger partial charge in [-0.2, -0.15) is 0 Å². The van der Waals surface area contributed by atoms with Crippen LogP contribution in [0.4, 0.5) is 0 Å². The number of carbonyl (C=O) groups excluding carboxylic acids is 1. The van der Waals surface area contributed by atoms with Crippen LogP contribution in [0.15, 0.2) is 59.5 Å². The molecular weight excluding hydrogens is 304 g/mol. The van der Waals surface area contributed by atoms with Crippen molar-refractivity contribution in [1.29, 1.82) is 0 Å². The van der Waals surface area contributed by atoms with Crippen LogP contribution < -0.4 is 0 Å². The minimum Gasteiger partial charge on any atom is -1.00 e. The molecule has 2 aromatic carbocycles. The van der Waals surface area contributed by atoms with Crippen LogP contribution >= 0.6 is 12.0 Å². The summed E-state index contributed by atoms with van der Waals surface area (Å²) in [7, 11) is 0. The zero-order valence-electron chi connectivity index (χ0n) is 12.5. The van der Waals surface area contributed by atoms with Gasteiger partial charge in [0.15, 0.2) is 0 Å². The maximum Gasteiger partial charge on any atom is 2.00 e. The van der Waals surface area contributed by atoms with Gasteiger partial charge in [-0.15, -0.1) is 0 Å². The van der Waals surface area contributed by atoms with E-state index >= 15 is 0 Å². The molecule has 2 aromatic rings. The molecule has 0 aromatic heterocycles. The molecule has 0 radical (unpaired) electrons. The fraction of sp³-hybridized carbons (Fsp3) is 0. The molecule has 2 rings (SSSR count). The number of benzene rings is 2. The molecule has 20 heavy (non-hydrogen) atoms. The minimum atomic E-state index is -1.08. The molecule has 0 amide bonds. The van der Waals surface area contributed by atoms with E-state index in [0.717, 1.165) is 16.9 Å². The first-order chi connectivity index (χ1) is 9.16. The quantitative estimate of drug-likeness (QED) is 0.693. The summed E-state index contributed by atoms with van der Waals surface area (Å²) < 4.78 is 5.03. The van der Waals surface area contributed by atoms with E-state index in [2.05, 4.69) is 0 Å². The molecule has 0 atom stereocenters. The zero-order chi connectivity index (χ0) is 13.7. The summed E-state index contributed by atoms with van der Waals surface area (Å²) in [6, 6.07) is 14.9. The van der Waals surface area contributed by atoms with Crippen LogP contribution in [0.25, 0.3) is 0 Å². The molecule has 0 fully saturated rings. The summed E-state index contributed by atoms with van der Waals surface area (Å²) in [4.78, 5) is 23.4. The van der Waals surface area contributed by atoms with Crippen molar-refractivity contribution in [1.82, 2.24) is 0 Å². The maximum atomic E-state index is 11.8. The van der Waals surface area contributed by atoms with Crippen LogP contribution in [-0.4, -0.2) is 54.8 Å². The summed E-state index contributed by atoms with van der Waals surface area (Å²) in [6.45, 7) is 0. The predicted molar refractivity (Wildman–Crippen MR) is 79.1 cm³/mol. The van der Waals surface area contributed by atoms with Gasteiger partial charge in [0, 0.05) is 4.90 Å². The van der Waals surface area contributed by atoms with Gasteiger partial charge in [0.2, 0.25) is 0 Å². The summed E-state index contributed by atoms with van der Waals surface area (Å²) >= 11 is 0.941. The summed E-state index contributed by atoms with van der Waals surface area (Å²) in [6.07, 6.45) is 0. The van der Waals surface area contributed by atoms with Gasteiger partial charge in [-0.1, -0.05) is 24.3 Å². The Labute approximate surface area is 153 Å². The van der Waals surface area contributed by atoms with Crippen LogP contribution in [-0.2, 0) is 4.18 Å². The Morgan fingerprint density at radius 3 is 2.30 bits per heavy atom. The standard InChI is InChI=1S/C14H10O4S.Ca.2H/c15-13(16)10-5-4-6-11(9-10)14(17)18-19-12-7-2-1-3-8-12;;;/h1-9H,(H,15,16);;;/q;+2;2*-1. The van der Waals surface area contributed by atoms with Gasteiger partial charge in [-0.3, -0.25) is 0 Å². The minimum absolute atomic E-state index is 0. The molecule has 0 saturated carbocycles. The largest absolute Gasteiger partial charge is 2.00 e. The van der Waals surface area contributed by atoms with Gasteiger partial charge in [-0.05, 0) is 30.3 Å². The zero-order valence-corrected chi connectivity index (χ0v) is 13.5. The first kappa shape index (κ1) is 17.0. The van der Waals surface area contributed by atoms with Crippen molar-refractivity contribution in [2.24, 2.45) is 0 Å². The third kappa shape index (κ3) is 4.83. The van der Waals surface area contributed by atoms with E-state index in [-0.39, 0.29) is 51.7 Å². The molecule has 0 heterocycles. The van der Waals surface area contributed by atoms with Crippen molar-refractivity contribution in [3.8, 4) is 0 Å². The van der Waals surface area contributed by atoms with Crippen LogP contribution in [0.2, 0.25) is 0 Å². The van der Waals surface area contributed by atoms with E-state index in [0.29, 0.717) is 0 Å². The molecule has 0 aliphatic carbocycles. The number of aromatic carboxylic acids is 1. The Balaban J connectivity index is 0. The fourth-order valence-corrected chi connectivity index (χ4v) is 1.93. The van der Waals surface area contributed by atoms with Crippen molar-refractivity contribution < 1.29 is 21.7 Å². The second-order valence-corrected chi connectivity index (χ2v) is 4.46. The molecular formula is C14H12CaO4S. The van der Waals surface area contributed by atoms with Gasteiger partial charge in [0.05, 0.1) is 23.2 Å². The Bertz CT molecular complexity index is 611. The average molecular weight is 316 g/mol. The van der Waals surface area contributed by atoms with Crippen LogP contribution in [0.5, 0.6) is 0 Å². The number of rotatable bonds is 4. The second-order valence-electron chi connectivity index (χ2n) is 3.65. The van der Waals surface area contributed by atoms with Gasteiger partial charge in [-0.25, -0.2) is 9.59 Å². The van der Waals surface area contributed by atoms with Crippen LogP contribution in [0, 0.1) is 0 Å². The molecule has 0 aliphatic rings. The van der Waals surface area contributed by atoms with E-state index in [4.69, 9.17) is 9.29 Å². The fourth-order valence-electron chi connectivity index (χ4n) is 1.39. The van der Waals surface area contributed by atoms with E-state index < -0.39 is 11.9 Å². The molecule has 6 heteroatoms. The third-order valence-electron chi connectivity index (χ3n) is 2.30. The maximum absolute atomic E-state index is 11.8. The molecule has 1 N–H and O–H groups in total. The topological polar surface area (TPSA) is 63.6 Å². The average Bonchev–Trinajstić information content (AvgIpc) is 2.46. The molecule has 4 nitrogen and oxygen atoms in total. The second kappa shape index (κ2) is 8.32. The van der Waals surface area contributed by atoms with Crippen LogP contribution in [0.1, 0.15) is 23.6 Å². The number of carboxylic acid groups (broad SMARTS) is 1. The molecule has 100 valence electrons. The van der Waals surface area contributed by atoms with Gasteiger partial charge >= 0.3 is 49.7 Å². The van der Waals surface area contributed by atoms with Crippen molar-refractivity contribution in [3.05, 3.63) is 65.7 Å². The van der Waals surface area contributed by atoms with Gasteiger partial charge < -0.3 is 12.1 Å². The molecule has 0 spiro atoms. The number of hydrogen-bond acceptors (Lipinski definition) is 4. The third-order valence-corrected chi connectivity index (χ3v) is 3.00. The number of carbonyl (C=O) groups is 2. The molecule has 0 unspecified atom stereocenters. The Hall–Kier alpha value is -1.01. The Kier molecular flexibility index (Phi) is 7.09. The summed E-state index contributed by atoms with van der Waals surface area (Å²) in [5, 5.41) is 8.84. The predicted octanol–water partition coefficient (Wildman–Crippen LogP) is 3.09. The SMILES string of the molecule is O=C(O)c1cccc(C(=O)OSc2ccccc2)c1.[Ca+2].[H-].[H-]. The monoisotopic (exact) mass is 316 g/mol. The van der Waals surface area contributed by atoms with Crippen molar-refractivity contribution in [2.45, 2.75) is 4.90 Å². The normalized spacial score (nSPS) is 9.40. The summed E-state index contributed by atoms with van der Waals surface area (Å²) in [5.41, 5.74) is 0.266. The van der Waals surface area contributed by atoms with E-state index in [1.54, 1.807) is 0 Å². The van der Waals surface area contributed by atoms with E-state index in [1.807, 2.05) is 30.3 Å². The van der Waals surface area contributed by atoms with Crippen LogP contribution in [0.3, 0.4) is 0 Å². The Morgan fingerprint density at radius 1 is 1.00 bits per heavy atom. The van der Waals surface area contributed by atoms with E-state index in [9.17, 15) is 9.59 Å². The molecule has 0 saturated heterocycles. The van der Waals surface area contributed by atoms with Gasteiger partial charge in [0.1, 0.15) is 0 Å². The van der Waals surface area contributed by atoms with Crippen molar-refractivity contribution >= 4 is 61.7 Å². The van der Waals surface area contributed by atoms with Crippen molar-refractivity contribution in [3.63, 3.8) is 0 Å². The number of hydrogen-bond donors (Lipinski definition) is 1. The molecule has 0 aliphatic heterocycles. The first-order valence-corrected chi connectivity index (χ1v) is 6.18. The Morgan fingerprint density at radius 2 is 1.65 bits per heavy atom. The van der Waals surface area contributed by atoms with Crippen molar-refractivity contribution in [2.75, 3.05) is 0 Å².